The lowest BCUT2D eigenvalue weighted by Crippen LogP contribution is -2.32. The number of amides is 1. The molecule has 9 nitrogen and oxygen atoms in total. The first kappa shape index (κ1) is 22.3. The second-order valence-electron chi connectivity index (χ2n) is 9.28. The smallest absolute Gasteiger partial charge is 0.231 e. The molecule has 1 fully saturated rings. The van der Waals surface area contributed by atoms with Gasteiger partial charge in [0.25, 0.3) is 0 Å². The average molecular weight is 462 g/mol. The van der Waals surface area contributed by atoms with E-state index in [1.54, 1.807) is 17.2 Å². The molecule has 2 unspecified atom stereocenters. The summed E-state index contributed by atoms with van der Waals surface area (Å²) < 4.78 is 5.60. The second kappa shape index (κ2) is 8.70. The number of pyridine rings is 1. The van der Waals surface area contributed by atoms with Crippen molar-refractivity contribution in [3.8, 4) is 11.9 Å². The molecule has 1 spiro atoms. The first-order chi connectivity index (χ1) is 16.4. The summed E-state index contributed by atoms with van der Waals surface area (Å²) in [5, 5.41) is 18.8. The number of nitriles is 1. The van der Waals surface area contributed by atoms with Crippen LogP contribution in [0.15, 0.2) is 35.5 Å². The predicted octanol–water partition coefficient (Wildman–Crippen LogP) is 2.13. The number of aliphatic imine (C=N–C) groups is 1. The number of nitrogens with zero attached hydrogens (tertiary/aromatic N) is 4. The average Bonchev–Trinajstić information content (AvgIpc) is 3.52. The molecule has 0 bridgehead atoms. The minimum Gasteiger partial charge on any atom is -0.474 e. The fourth-order valence-corrected chi connectivity index (χ4v) is 5.21. The predicted molar refractivity (Wildman–Crippen MR) is 123 cm³/mol. The number of benzene rings is 1. The van der Waals surface area contributed by atoms with Gasteiger partial charge in [-0.15, -0.1) is 0 Å². The van der Waals surface area contributed by atoms with Gasteiger partial charge in [-0.25, -0.2) is 20.3 Å². The summed E-state index contributed by atoms with van der Waals surface area (Å²) in [7, 11) is 0. The van der Waals surface area contributed by atoms with Crippen LogP contribution in [0.3, 0.4) is 0 Å². The molecule has 1 amide bonds. The monoisotopic (exact) mass is 461 g/mol. The molecule has 5 rings (SSSR count). The summed E-state index contributed by atoms with van der Waals surface area (Å²) >= 11 is 0. The molecule has 2 atom stereocenters. The van der Waals surface area contributed by atoms with Crippen LogP contribution in [0.2, 0.25) is 0 Å². The third-order valence-corrected chi connectivity index (χ3v) is 6.70. The second-order valence-corrected chi connectivity index (χ2v) is 9.28. The molecule has 1 saturated heterocycles. The maximum Gasteiger partial charge on any atom is 0.231 e. The Kier molecular flexibility index (Phi) is 5.71. The van der Waals surface area contributed by atoms with Crippen molar-refractivity contribution in [1.29, 1.82) is 5.26 Å². The van der Waals surface area contributed by atoms with E-state index in [0.29, 0.717) is 42.4 Å². The molecule has 1 aromatic heterocycles. The lowest BCUT2D eigenvalue weighted by Gasteiger charge is -2.25. The number of amidine groups is 1. The largest absolute Gasteiger partial charge is 0.474 e. The normalized spacial score (nSPS) is 23.3. The van der Waals surface area contributed by atoms with E-state index in [1.165, 1.54) is 11.1 Å². The molecular weight excluding hydrogens is 434 g/mol. The number of hydrogen-bond donors (Lipinski definition) is 2. The van der Waals surface area contributed by atoms with Crippen molar-refractivity contribution < 1.29 is 19.5 Å². The van der Waals surface area contributed by atoms with Gasteiger partial charge >= 0.3 is 0 Å². The Bertz CT molecular complexity index is 1200. The number of β-amino-alcohol motifs (C(OH)–C–C–N with tert-alkyl or cyclic N) is 1. The number of rotatable bonds is 6. The van der Waals surface area contributed by atoms with Gasteiger partial charge < -0.3 is 14.7 Å². The van der Waals surface area contributed by atoms with Crippen molar-refractivity contribution in [2.24, 2.45) is 4.99 Å². The minimum atomic E-state index is -0.637. The van der Waals surface area contributed by atoms with Gasteiger partial charge in [-0.05, 0) is 43.9 Å². The molecule has 34 heavy (non-hydrogen) atoms. The fraction of sp³-hybridized carbons (Fsp3) is 0.440. The zero-order valence-electron chi connectivity index (χ0n) is 19.2. The Hall–Kier alpha value is -3.48. The third-order valence-electron chi connectivity index (χ3n) is 6.70. The molecule has 3 aliphatic rings. The number of ether oxygens (including phenoxy) is 1. The Labute approximate surface area is 198 Å². The van der Waals surface area contributed by atoms with Crippen molar-refractivity contribution in [2.75, 3.05) is 19.7 Å². The first-order valence-corrected chi connectivity index (χ1v) is 11.5. The summed E-state index contributed by atoms with van der Waals surface area (Å²) in [4.78, 5) is 29.1. The van der Waals surface area contributed by atoms with Gasteiger partial charge in [0.05, 0.1) is 12.7 Å². The summed E-state index contributed by atoms with van der Waals surface area (Å²) in [6, 6.07) is 9.92. The molecule has 0 radical (unpaired) electrons. The Morgan fingerprint density at radius 2 is 2.29 bits per heavy atom. The lowest BCUT2D eigenvalue weighted by molar-refractivity contribution is -0.128. The van der Waals surface area contributed by atoms with Crippen LogP contribution in [0.5, 0.6) is 5.88 Å². The topological polar surface area (TPSA) is 120 Å². The molecule has 0 saturated carbocycles. The summed E-state index contributed by atoms with van der Waals surface area (Å²) in [6.45, 7) is 4.74. The lowest BCUT2D eigenvalue weighted by atomic mass is 9.80. The highest BCUT2D eigenvalue weighted by molar-refractivity contribution is 6.01. The standard InChI is InChI=1S/C25H27N5O4/c1-15(2)33-23-16(12-26)10-17(13-27-23)24-28-22(29-34-24)19-4-3-5-20-18(19)6-7-25(20)11-21(32)30(14-25)8-9-31/h3-5,10,13,15,24,31H,6-9,11,14H2,1-2H3,(H,28,29). The molecular formula is C25H27N5O4. The molecule has 2 aliphatic heterocycles. The molecule has 9 heteroatoms. The van der Waals surface area contributed by atoms with E-state index < -0.39 is 6.23 Å². The van der Waals surface area contributed by atoms with Crippen LogP contribution in [-0.2, 0) is 21.5 Å². The number of carbonyl (C=O) groups is 1. The van der Waals surface area contributed by atoms with Gasteiger partial charge in [-0.3, -0.25) is 4.79 Å². The van der Waals surface area contributed by atoms with E-state index in [-0.39, 0.29) is 24.0 Å². The number of aromatic nitrogens is 1. The van der Waals surface area contributed by atoms with Crippen molar-refractivity contribution in [2.45, 2.75) is 50.9 Å². The first-order valence-electron chi connectivity index (χ1n) is 11.5. The van der Waals surface area contributed by atoms with Gasteiger partial charge in [0.1, 0.15) is 11.6 Å². The molecule has 3 heterocycles. The summed E-state index contributed by atoms with van der Waals surface area (Å²) in [6.07, 6.45) is 3.09. The maximum absolute atomic E-state index is 12.5. The highest BCUT2D eigenvalue weighted by Crippen LogP contribution is 2.47. The van der Waals surface area contributed by atoms with Gasteiger partial charge in [0.2, 0.25) is 18.0 Å². The quantitative estimate of drug-likeness (QED) is 0.676. The number of likely N-dealkylation sites (tertiary alicyclic amines) is 1. The number of carbonyl (C=O) groups excluding carboxylic acids is 1. The molecule has 1 aliphatic carbocycles. The Balaban J connectivity index is 1.42. The number of fused-ring (bicyclic) bond motifs is 2. The van der Waals surface area contributed by atoms with E-state index in [4.69, 9.17) is 14.6 Å². The molecule has 1 aromatic carbocycles. The Morgan fingerprint density at radius 1 is 1.44 bits per heavy atom. The molecule has 2 N–H and O–H groups in total. The van der Waals surface area contributed by atoms with Gasteiger partial charge in [0, 0.05) is 42.2 Å². The zero-order chi connectivity index (χ0) is 23.9. The highest BCUT2D eigenvalue weighted by atomic mass is 16.7. The third kappa shape index (κ3) is 3.79. The number of aliphatic hydroxyl groups excluding tert-OH is 1. The number of hydrogen-bond acceptors (Lipinski definition) is 8. The number of hydroxylamine groups is 1. The van der Waals surface area contributed by atoms with Gasteiger partial charge in [0.15, 0.2) is 5.84 Å². The van der Waals surface area contributed by atoms with E-state index in [2.05, 4.69) is 22.6 Å². The van der Waals surface area contributed by atoms with Crippen LogP contribution < -0.4 is 10.2 Å². The van der Waals surface area contributed by atoms with Crippen LogP contribution in [0, 0.1) is 11.3 Å². The van der Waals surface area contributed by atoms with Crippen LogP contribution in [0.4, 0.5) is 0 Å². The van der Waals surface area contributed by atoms with Crippen molar-refractivity contribution in [3.63, 3.8) is 0 Å². The van der Waals surface area contributed by atoms with Crippen molar-refractivity contribution in [1.82, 2.24) is 15.4 Å². The van der Waals surface area contributed by atoms with Crippen LogP contribution >= 0.6 is 0 Å². The Morgan fingerprint density at radius 3 is 3.06 bits per heavy atom. The van der Waals surface area contributed by atoms with Crippen molar-refractivity contribution in [3.05, 3.63) is 58.3 Å². The summed E-state index contributed by atoms with van der Waals surface area (Å²) in [5.74, 6) is 1.01. The van der Waals surface area contributed by atoms with Gasteiger partial charge in [-0.2, -0.15) is 5.26 Å². The number of nitrogens with one attached hydrogen (secondary N) is 1. The fourth-order valence-electron chi connectivity index (χ4n) is 5.21. The molecule has 2 aromatic rings. The van der Waals surface area contributed by atoms with Crippen LogP contribution in [0.25, 0.3) is 0 Å². The van der Waals surface area contributed by atoms with Crippen molar-refractivity contribution >= 4 is 11.7 Å². The zero-order valence-corrected chi connectivity index (χ0v) is 19.2. The van der Waals surface area contributed by atoms with E-state index >= 15 is 0 Å². The maximum atomic E-state index is 12.5. The van der Waals surface area contributed by atoms with Crippen LogP contribution in [0.1, 0.15) is 60.7 Å². The minimum absolute atomic E-state index is 0.0267. The number of aliphatic hydroxyl groups is 1. The van der Waals surface area contributed by atoms with Gasteiger partial charge in [-0.1, -0.05) is 18.2 Å². The van der Waals surface area contributed by atoms with E-state index in [0.717, 1.165) is 18.4 Å². The SMILES string of the molecule is CC(C)Oc1ncc(C2N=C(c3cccc4c3CCC43CC(=O)N(CCO)C3)NO2)cc1C#N. The van der Waals surface area contributed by atoms with E-state index in [9.17, 15) is 15.2 Å². The van der Waals surface area contributed by atoms with E-state index in [1.807, 2.05) is 26.0 Å². The van der Waals surface area contributed by atoms with Crippen LogP contribution in [-0.4, -0.2) is 52.5 Å². The highest BCUT2D eigenvalue weighted by Gasteiger charge is 2.48. The summed E-state index contributed by atoms with van der Waals surface area (Å²) in [5.41, 5.74) is 7.03. The molecule has 176 valence electrons.